The smallest absolute Gasteiger partial charge is 0.234 e. The number of carbonyl (C=O) groups excluding carboxylic acids is 1. The maximum Gasteiger partial charge on any atom is 0.234 e. The Kier molecular flexibility index (Phi) is 7.68. The zero-order valence-corrected chi connectivity index (χ0v) is 20.4. The molecule has 0 spiro atoms. The Morgan fingerprint density at radius 3 is 2.70 bits per heavy atom. The van der Waals surface area contributed by atoms with Gasteiger partial charge in [-0.1, -0.05) is 50.9 Å². The lowest BCUT2D eigenvalue weighted by Crippen LogP contribution is -2.15. The van der Waals surface area contributed by atoms with E-state index in [1.54, 1.807) is 22.8 Å². The Balaban J connectivity index is 1.57. The molecule has 0 radical (unpaired) electrons. The maximum absolute atomic E-state index is 12.4. The minimum Gasteiger partial charge on any atom is -0.484 e. The van der Waals surface area contributed by atoms with Crippen LogP contribution < -0.4 is 10.1 Å². The van der Waals surface area contributed by atoms with E-state index in [4.69, 9.17) is 27.9 Å². The third kappa shape index (κ3) is 5.49. The summed E-state index contributed by atoms with van der Waals surface area (Å²) in [6.45, 7) is 4.17. The van der Waals surface area contributed by atoms with Gasteiger partial charge in [0.05, 0.1) is 10.8 Å². The van der Waals surface area contributed by atoms with Gasteiger partial charge in [0.1, 0.15) is 12.4 Å². The molecule has 0 aliphatic carbocycles. The molecule has 3 rings (SSSR count). The van der Waals surface area contributed by atoms with Crippen molar-refractivity contribution in [1.29, 1.82) is 0 Å². The lowest BCUT2D eigenvalue weighted by Gasteiger charge is -2.11. The highest BCUT2D eigenvalue weighted by atomic mass is 79.9. The Morgan fingerprint density at radius 1 is 1.20 bits per heavy atom. The Bertz CT molecular complexity index is 1090. The van der Waals surface area contributed by atoms with Crippen molar-refractivity contribution >= 4 is 62.5 Å². The van der Waals surface area contributed by atoms with Gasteiger partial charge in [-0.3, -0.25) is 4.79 Å². The van der Waals surface area contributed by atoms with Crippen molar-refractivity contribution in [2.24, 2.45) is 7.05 Å². The molecule has 6 nitrogen and oxygen atoms in total. The van der Waals surface area contributed by atoms with Crippen LogP contribution in [0.15, 0.2) is 40.0 Å². The number of ether oxygens (including phenoxy) is 1. The number of hydrogen-bond donors (Lipinski definition) is 1. The number of nitrogens with zero attached hydrogens (tertiary/aromatic N) is 3. The molecule has 0 bridgehead atoms. The van der Waals surface area contributed by atoms with Gasteiger partial charge in [-0.2, -0.15) is 0 Å². The van der Waals surface area contributed by atoms with Crippen LogP contribution in [0.1, 0.15) is 17.0 Å². The van der Waals surface area contributed by atoms with E-state index < -0.39 is 0 Å². The molecule has 1 heterocycles. The number of carbonyl (C=O) groups is 1. The number of hydrogen-bond acceptors (Lipinski definition) is 5. The number of amides is 1. The van der Waals surface area contributed by atoms with Crippen molar-refractivity contribution in [3.63, 3.8) is 0 Å². The lowest BCUT2D eigenvalue weighted by atomic mass is 10.1. The fourth-order valence-electron chi connectivity index (χ4n) is 2.57. The first-order valence-electron chi connectivity index (χ1n) is 8.90. The highest BCUT2D eigenvalue weighted by Crippen LogP contribution is 2.29. The predicted octanol–water partition coefficient (Wildman–Crippen LogP) is 5.81. The number of anilines is 1. The lowest BCUT2D eigenvalue weighted by molar-refractivity contribution is -0.113. The van der Waals surface area contributed by atoms with Crippen LogP contribution in [-0.4, -0.2) is 26.4 Å². The summed E-state index contributed by atoms with van der Waals surface area (Å²) in [6.07, 6.45) is 0. The third-order valence-corrected chi connectivity index (χ3v) is 6.91. The molecule has 30 heavy (non-hydrogen) atoms. The van der Waals surface area contributed by atoms with E-state index in [2.05, 4.69) is 31.4 Å². The Hall–Kier alpha value is -1.74. The highest BCUT2D eigenvalue weighted by Gasteiger charge is 2.14. The zero-order chi connectivity index (χ0) is 21.8. The van der Waals surface area contributed by atoms with Crippen LogP contribution in [0, 0.1) is 13.8 Å². The van der Waals surface area contributed by atoms with Gasteiger partial charge in [0.15, 0.2) is 11.0 Å². The molecule has 158 valence electrons. The number of benzene rings is 2. The maximum atomic E-state index is 12.4. The predicted molar refractivity (Wildman–Crippen MR) is 125 cm³/mol. The number of nitrogens with one attached hydrogen (secondary N) is 1. The summed E-state index contributed by atoms with van der Waals surface area (Å²) >= 11 is 16.8. The molecule has 10 heteroatoms. The first-order chi connectivity index (χ1) is 14.3. The van der Waals surface area contributed by atoms with E-state index >= 15 is 0 Å². The molecule has 0 aliphatic heterocycles. The van der Waals surface area contributed by atoms with Crippen LogP contribution in [0.3, 0.4) is 0 Å². The fraction of sp³-hybridized carbons (Fsp3) is 0.250. The second-order valence-corrected chi connectivity index (χ2v) is 9.14. The van der Waals surface area contributed by atoms with E-state index in [-0.39, 0.29) is 18.3 Å². The summed E-state index contributed by atoms with van der Waals surface area (Å²) in [5.41, 5.74) is 2.93. The van der Waals surface area contributed by atoms with Crippen LogP contribution >= 0.6 is 50.9 Å². The molecule has 1 N–H and O–H groups in total. The average molecular weight is 530 g/mol. The van der Waals surface area contributed by atoms with Crippen LogP contribution in [0.5, 0.6) is 5.75 Å². The first-order valence-corrected chi connectivity index (χ1v) is 11.4. The minimum absolute atomic E-state index is 0.112. The number of thioether (sulfide) groups is 1. The number of halogens is 3. The van der Waals surface area contributed by atoms with Crippen molar-refractivity contribution in [2.45, 2.75) is 25.6 Å². The standard InChI is InChI=1S/C20H19BrCl2N4O2S/c1-11-12(2)16(6-5-14(11)21)24-19(28)10-30-20-26-25-18(27(20)3)9-29-17-7-4-13(22)8-15(17)23/h4-8H,9-10H2,1-3H3,(H,24,28). The molecule has 0 fully saturated rings. The van der Waals surface area contributed by atoms with E-state index in [0.717, 1.165) is 21.3 Å². The molecule has 0 saturated carbocycles. The molecule has 1 aromatic heterocycles. The van der Waals surface area contributed by atoms with Gasteiger partial charge < -0.3 is 14.6 Å². The highest BCUT2D eigenvalue weighted by molar-refractivity contribution is 9.10. The van der Waals surface area contributed by atoms with Crippen LogP contribution in [0.25, 0.3) is 0 Å². The summed E-state index contributed by atoms with van der Waals surface area (Å²) in [5.74, 6) is 1.23. The van der Waals surface area contributed by atoms with Gasteiger partial charge in [-0.15, -0.1) is 10.2 Å². The molecular weight excluding hydrogens is 511 g/mol. The fourth-order valence-corrected chi connectivity index (χ4v) is 4.19. The van der Waals surface area contributed by atoms with E-state index in [1.807, 2.05) is 33.0 Å². The van der Waals surface area contributed by atoms with Crippen molar-refractivity contribution in [3.8, 4) is 5.75 Å². The van der Waals surface area contributed by atoms with Crippen LogP contribution in [0.2, 0.25) is 10.0 Å². The van der Waals surface area contributed by atoms with Gasteiger partial charge >= 0.3 is 0 Å². The molecular formula is C20H19BrCl2N4O2S. The SMILES string of the molecule is Cc1c(Br)ccc(NC(=O)CSc2nnc(COc3ccc(Cl)cc3Cl)n2C)c1C. The summed E-state index contributed by atoms with van der Waals surface area (Å²) in [4.78, 5) is 12.4. The summed E-state index contributed by atoms with van der Waals surface area (Å²) in [6, 6.07) is 8.83. The van der Waals surface area contributed by atoms with E-state index in [1.165, 1.54) is 11.8 Å². The number of aromatic nitrogens is 3. The summed E-state index contributed by atoms with van der Waals surface area (Å²) in [5, 5.41) is 12.8. The second-order valence-electron chi connectivity index (χ2n) is 6.50. The largest absolute Gasteiger partial charge is 0.484 e. The molecule has 2 aromatic carbocycles. The Morgan fingerprint density at radius 2 is 1.97 bits per heavy atom. The molecule has 0 atom stereocenters. The number of rotatable bonds is 7. The van der Waals surface area contributed by atoms with Crippen LogP contribution in [0.4, 0.5) is 5.69 Å². The minimum atomic E-state index is -0.112. The summed E-state index contributed by atoms with van der Waals surface area (Å²) in [7, 11) is 1.82. The van der Waals surface area contributed by atoms with Gasteiger partial charge in [0, 0.05) is 22.2 Å². The molecule has 0 saturated heterocycles. The van der Waals surface area contributed by atoms with Crippen molar-refractivity contribution in [3.05, 3.63) is 61.8 Å². The molecule has 0 aliphatic rings. The average Bonchev–Trinajstić information content (AvgIpc) is 3.06. The van der Waals surface area contributed by atoms with E-state index in [0.29, 0.717) is 26.8 Å². The summed E-state index contributed by atoms with van der Waals surface area (Å²) < 4.78 is 8.51. The normalized spacial score (nSPS) is 10.9. The molecule has 1 amide bonds. The van der Waals surface area contributed by atoms with Crippen molar-refractivity contribution < 1.29 is 9.53 Å². The second kappa shape index (κ2) is 10.0. The topological polar surface area (TPSA) is 69.0 Å². The molecule has 3 aromatic rings. The van der Waals surface area contributed by atoms with Crippen LogP contribution in [-0.2, 0) is 18.4 Å². The third-order valence-electron chi connectivity index (χ3n) is 4.50. The van der Waals surface area contributed by atoms with E-state index in [9.17, 15) is 4.79 Å². The van der Waals surface area contributed by atoms with Gasteiger partial charge in [-0.25, -0.2) is 0 Å². The Labute approximate surface area is 197 Å². The van der Waals surface area contributed by atoms with Crippen molar-refractivity contribution in [2.75, 3.05) is 11.1 Å². The van der Waals surface area contributed by atoms with Crippen molar-refractivity contribution in [1.82, 2.24) is 14.8 Å². The molecule has 0 unspecified atom stereocenters. The van der Waals surface area contributed by atoms with Gasteiger partial charge in [-0.05, 0) is 55.3 Å². The zero-order valence-electron chi connectivity index (χ0n) is 16.5. The van der Waals surface area contributed by atoms with Gasteiger partial charge in [0.2, 0.25) is 5.91 Å². The van der Waals surface area contributed by atoms with Gasteiger partial charge in [0.25, 0.3) is 0 Å². The first kappa shape index (κ1) is 22.9. The monoisotopic (exact) mass is 528 g/mol. The quantitative estimate of drug-likeness (QED) is 0.391.